The molecule has 6 rings (SSSR count). The van der Waals surface area contributed by atoms with Gasteiger partial charge in [0, 0.05) is 17.0 Å². The number of hydrogen-bond acceptors (Lipinski definition) is 5. The third-order valence-electron chi connectivity index (χ3n) is 7.09. The zero-order chi connectivity index (χ0) is 24.8. The number of benzene rings is 2. The molecule has 1 fully saturated rings. The predicted molar refractivity (Wildman–Crippen MR) is 135 cm³/mol. The number of aryl methyl sites for hydroxylation is 1. The number of hydrogen-bond donors (Lipinski definition) is 1. The number of aromatic nitrogens is 3. The number of pyridine rings is 1. The number of para-hydroxylation sites is 1. The minimum atomic E-state index is -0.372. The van der Waals surface area contributed by atoms with Gasteiger partial charge in [0.05, 0.1) is 34.4 Å². The molecule has 0 unspecified atom stereocenters. The van der Waals surface area contributed by atoms with Gasteiger partial charge in [-0.3, -0.25) is 19.3 Å². The molecule has 2 aromatic carbocycles. The second kappa shape index (κ2) is 8.71. The molecule has 36 heavy (non-hydrogen) atoms. The van der Waals surface area contributed by atoms with Crippen LogP contribution in [0.25, 0.3) is 16.7 Å². The molecule has 0 bridgehead atoms. The normalized spacial score (nSPS) is 16.0. The third kappa shape index (κ3) is 3.66. The van der Waals surface area contributed by atoms with Crippen LogP contribution in [0.5, 0.6) is 0 Å². The Hall–Kier alpha value is -4.33. The van der Waals surface area contributed by atoms with Crippen molar-refractivity contribution in [2.45, 2.75) is 45.1 Å². The maximum Gasteiger partial charge on any atom is 0.261 e. The summed E-state index contributed by atoms with van der Waals surface area (Å²) in [6.07, 6.45) is 6.45. The maximum atomic E-state index is 13.1. The van der Waals surface area contributed by atoms with Crippen molar-refractivity contribution in [1.82, 2.24) is 19.7 Å². The van der Waals surface area contributed by atoms with E-state index < -0.39 is 0 Å². The molecular weight excluding hydrogens is 454 g/mol. The molecule has 1 aliphatic heterocycles. The minimum Gasteiger partial charge on any atom is -0.321 e. The highest BCUT2D eigenvalue weighted by molar-refractivity contribution is 6.22. The highest BCUT2D eigenvalue weighted by Crippen LogP contribution is 2.32. The quantitative estimate of drug-likeness (QED) is 0.420. The van der Waals surface area contributed by atoms with Crippen LogP contribution in [0.1, 0.15) is 68.9 Å². The summed E-state index contributed by atoms with van der Waals surface area (Å²) in [5.41, 5.74) is 3.90. The van der Waals surface area contributed by atoms with E-state index in [1.54, 1.807) is 23.0 Å². The average molecular weight is 480 g/mol. The smallest absolute Gasteiger partial charge is 0.261 e. The van der Waals surface area contributed by atoms with Crippen molar-refractivity contribution in [3.05, 3.63) is 83.2 Å². The van der Waals surface area contributed by atoms with Crippen molar-refractivity contribution in [1.29, 1.82) is 0 Å². The molecule has 8 heteroatoms. The molecule has 1 aliphatic carbocycles. The SMILES string of the molecule is Cc1nn(-c2ccccc2)c2ncc(NC(=O)c3ccc4c(c3)C(=O)N(C3CCCCC3)C4=O)cc12. The number of nitrogens with one attached hydrogen (secondary N) is 1. The summed E-state index contributed by atoms with van der Waals surface area (Å²) >= 11 is 0. The van der Waals surface area contributed by atoms with E-state index >= 15 is 0 Å². The van der Waals surface area contributed by atoms with Crippen LogP contribution in [-0.4, -0.2) is 43.4 Å². The van der Waals surface area contributed by atoms with Gasteiger partial charge in [-0.05, 0) is 56.2 Å². The first-order chi connectivity index (χ1) is 17.5. The summed E-state index contributed by atoms with van der Waals surface area (Å²) in [4.78, 5) is 45.0. The topological polar surface area (TPSA) is 97.2 Å². The zero-order valence-corrected chi connectivity index (χ0v) is 19.9. The summed E-state index contributed by atoms with van der Waals surface area (Å²) in [6, 6.07) is 16.2. The molecule has 8 nitrogen and oxygen atoms in total. The van der Waals surface area contributed by atoms with Crippen molar-refractivity contribution >= 4 is 34.4 Å². The van der Waals surface area contributed by atoms with E-state index in [0.717, 1.165) is 48.9 Å². The lowest BCUT2D eigenvalue weighted by Crippen LogP contribution is -2.40. The average Bonchev–Trinajstić information content (AvgIpc) is 3.37. The van der Waals surface area contributed by atoms with E-state index in [1.807, 2.05) is 43.3 Å². The molecule has 3 heterocycles. The van der Waals surface area contributed by atoms with Crippen molar-refractivity contribution in [3.63, 3.8) is 0 Å². The maximum absolute atomic E-state index is 13.1. The van der Waals surface area contributed by atoms with Crippen molar-refractivity contribution in [3.8, 4) is 5.69 Å². The Labute approximate surface area is 207 Å². The lowest BCUT2D eigenvalue weighted by molar-refractivity contribution is 0.0549. The van der Waals surface area contributed by atoms with E-state index in [2.05, 4.69) is 15.4 Å². The summed E-state index contributed by atoms with van der Waals surface area (Å²) in [5, 5.41) is 8.30. The molecule has 0 saturated heterocycles. The summed E-state index contributed by atoms with van der Waals surface area (Å²) < 4.78 is 1.78. The minimum absolute atomic E-state index is 0.0544. The van der Waals surface area contributed by atoms with Crippen molar-refractivity contribution < 1.29 is 14.4 Å². The highest BCUT2D eigenvalue weighted by atomic mass is 16.2. The molecule has 0 spiro atoms. The van der Waals surface area contributed by atoms with Crippen LogP contribution in [0, 0.1) is 6.92 Å². The number of nitrogens with zero attached hydrogens (tertiary/aromatic N) is 4. The molecule has 3 amide bonds. The van der Waals surface area contributed by atoms with Crippen LogP contribution in [0.4, 0.5) is 5.69 Å². The number of carbonyl (C=O) groups is 3. The van der Waals surface area contributed by atoms with Crippen LogP contribution in [0.2, 0.25) is 0 Å². The van der Waals surface area contributed by atoms with Crippen molar-refractivity contribution in [2.75, 3.05) is 5.32 Å². The Kier molecular flexibility index (Phi) is 5.36. The van der Waals surface area contributed by atoms with Crippen LogP contribution in [-0.2, 0) is 0 Å². The van der Waals surface area contributed by atoms with Crippen molar-refractivity contribution in [2.24, 2.45) is 0 Å². The molecule has 1 N–H and O–H groups in total. The molecule has 180 valence electrons. The molecule has 2 aliphatic rings. The first-order valence-corrected chi connectivity index (χ1v) is 12.3. The zero-order valence-electron chi connectivity index (χ0n) is 19.9. The Morgan fingerprint density at radius 2 is 1.69 bits per heavy atom. The van der Waals surface area contributed by atoms with Crippen LogP contribution < -0.4 is 5.32 Å². The molecule has 2 aromatic heterocycles. The van der Waals surface area contributed by atoms with E-state index in [1.165, 1.54) is 11.0 Å². The lowest BCUT2D eigenvalue weighted by atomic mass is 9.94. The lowest BCUT2D eigenvalue weighted by Gasteiger charge is -2.29. The Bertz CT molecular complexity index is 1520. The van der Waals surface area contributed by atoms with Gasteiger partial charge in [0.2, 0.25) is 0 Å². The number of fused-ring (bicyclic) bond motifs is 2. The van der Waals surface area contributed by atoms with Gasteiger partial charge in [0.15, 0.2) is 5.65 Å². The van der Waals surface area contributed by atoms with Gasteiger partial charge in [-0.15, -0.1) is 0 Å². The fraction of sp³-hybridized carbons (Fsp3) is 0.250. The van der Waals surface area contributed by atoms with Gasteiger partial charge in [-0.2, -0.15) is 5.10 Å². The van der Waals surface area contributed by atoms with Gasteiger partial charge in [0.1, 0.15) is 0 Å². The monoisotopic (exact) mass is 479 g/mol. The molecule has 0 atom stereocenters. The van der Waals surface area contributed by atoms with Gasteiger partial charge in [-0.1, -0.05) is 37.5 Å². The standard InChI is InChI=1S/C28H25N5O3/c1-17-23-15-19(16-29-25(23)33(31-17)21-10-6-3-7-11-21)30-26(34)18-12-13-22-24(14-18)28(36)32(27(22)35)20-8-4-2-5-9-20/h3,6-7,10-16,20H,2,4-5,8-9H2,1H3,(H,30,34). The first-order valence-electron chi connectivity index (χ1n) is 12.3. The van der Waals surface area contributed by atoms with Crippen LogP contribution in [0.3, 0.4) is 0 Å². The van der Waals surface area contributed by atoms with Gasteiger partial charge < -0.3 is 5.32 Å². The van der Waals surface area contributed by atoms with E-state index in [9.17, 15) is 14.4 Å². The number of anilines is 1. The predicted octanol–water partition coefficient (Wildman–Crippen LogP) is 4.91. The van der Waals surface area contributed by atoms with E-state index in [-0.39, 0.29) is 23.8 Å². The number of amides is 3. The number of rotatable bonds is 4. The Morgan fingerprint density at radius 1 is 0.944 bits per heavy atom. The summed E-state index contributed by atoms with van der Waals surface area (Å²) in [7, 11) is 0. The van der Waals surface area contributed by atoms with Gasteiger partial charge >= 0.3 is 0 Å². The molecular formula is C28H25N5O3. The van der Waals surface area contributed by atoms with Crippen LogP contribution in [0.15, 0.2) is 60.8 Å². The fourth-order valence-corrected chi connectivity index (χ4v) is 5.24. The second-order valence-electron chi connectivity index (χ2n) is 9.41. The molecule has 4 aromatic rings. The molecule has 1 saturated carbocycles. The first kappa shape index (κ1) is 22.2. The van der Waals surface area contributed by atoms with Crippen LogP contribution >= 0.6 is 0 Å². The second-order valence-corrected chi connectivity index (χ2v) is 9.41. The summed E-state index contributed by atoms with van der Waals surface area (Å²) in [6.45, 7) is 1.90. The Morgan fingerprint density at radius 3 is 2.47 bits per heavy atom. The largest absolute Gasteiger partial charge is 0.321 e. The van der Waals surface area contributed by atoms with E-state index in [4.69, 9.17) is 0 Å². The molecule has 0 radical (unpaired) electrons. The number of carbonyl (C=O) groups excluding carboxylic acids is 3. The highest BCUT2D eigenvalue weighted by Gasteiger charge is 2.40. The Balaban J connectivity index is 1.25. The summed E-state index contributed by atoms with van der Waals surface area (Å²) in [5.74, 6) is -0.929. The van der Waals surface area contributed by atoms with E-state index in [0.29, 0.717) is 28.0 Å². The number of imide groups is 1. The van der Waals surface area contributed by atoms with Gasteiger partial charge in [0.25, 0.3) is 17.7 Å². The fourth-order valence-electron chi connectivity index (χ4n) is 5.24. The van der Waals surface area contributed by atoms with Gasteiger partial charge in [-0.25, -0.2) is 9.67 Å². The third-order valence-corrected chi connectivity index (χ3v) is 7.09.